The summed E-state index contributed by atoms with van der Waals surface area (Å²) in [5.74, 6) is -0.467. The number of alkyl halides is 1. The van der Waals surface area contributed by atoms with E-state index >= 15 is 0 Å². The van der Waals surface area contributed by atoms with Gasteiger partial charge in [0.15, 0.2) is 0 Å². The zero-order valence-corrected chi connectivity index (χ0v) is 11.2. The minimum absolute atomic E-state index is 0.400. The molecule has 0 saturated heterocycles. The number of aryl methyl sites for hydroxylation is 1. The van der Waals surface area contributed by atoms with Gasteiger partial charge in [0, 0.05) is 23.7 Å². The van der Waals surface area contributed by atoms with E-state index < -0.39 is 11.6 Å². The number of thiazole rings is 1. The Bertz CT molecular complexity index is 527. The average molecular weight is 288 g/mol. The van der Waals surface area contributed by atoms with E-state index in [0.29, 0.717) is 17.9 Å². The second-order valence-electron chi connectivity index (χ2n) is 3.94. The molecule has 0 radical (unpaired) electrons. The smallest absolute Gasteiger partial charge is 0.129 e. The van der Waals surface area contributed by atoms with Gasteiger partial charge in [-0.2, -0.15) is 0 Å². The van der Waals surface area contributed by atoms with Gasteiger partial charge in [0.2, 0.25) is 0 Å². The Balaban J connectivity index is 2.06. The molecule has 0 aliphatic heterocycles. The lowest BCUT2D eigenvalue weighted by Gasteiger charge is -2.00. The molecule has 5 heteroatoms. The largest absolute Gasteiger partial charge is 0.246 e. The summed E-state index contributed by atoms with van der Waals surface area (Å²) in [6, 6.07) is 3.63. The van der Waals surface area contributed by atoms with Crippen molar-refractivity contribution < 1.29 is 8.78 Å². The van der Waals surface area contributed by atoms with E-state index in [4.69, 9.17) is 11.6 Å². The van der Waals surface area contributed by atoms with E-state index in [1.54, 1.807) is 0 Å². The molecule has 1 aromatic heterocycles. The highest BCUT2D eigenvalue weighted by Crippen LogP contribution is 2.18. The van der Waals surface area contributed by atoms with Crippen LogP contribution >= 0.6 is 22.9 Å². The van der Waals surface area contributed by atoms with Gasteiger partial charge < -0.3 is 0 Å². The van der Waals surface area contributed by atoms with E-state index in [1.165, 1.54) is 23.5 Å². The fourth-order valence-electron chi connectivity index (χ4n) is 1.62. The molecule has 0 aliphatic rings. The Hall–Kier alpha value is -1.00. The summed E-state index contributed by atoms with van der Waals surface area (Å²) in [7, 11) is 0. The minimum Gasteiger partial charge on any atom is -0.246 e. The molecular weight excluding hydrogens is 276 g/mol. The summed E-state index contributed by atoms with van der Waals surface area (Å²) in [4.78, 5) is 4.41. The van der Waals surface area contributed by atoms with Crippen molar-refractivity contribution >= 4 is 22.9 Å². The van der Waals surface area contributed by atoms with Crippen molar-refractivity contribution in [3.63, 3.8) is 0 Å². The van der Waals surface area contributed by atoms with Gasteiger partial charge in [-0.3, -0.25) is 0 Å². The standard InChI is InChI=1S/C13H12ClF2NS/c14-5-1-2-11-8-18-13(17-11)6-9-3-4-10(15)7-12(9)16/h3-4,7-8H,1-2,5-6H2. The molecule has 18 heavy (non-hydrogen) atoms. The summed E-state index contributed by atoms with van der Waals surface area (Å²) in [5, 5.41) is 2.80. The van der Waals surface area contributed by atoms with Crippen molar-refractivity contribution in [1.82, 2.24) is 4.98 Å². The SMILES string of the molecule is Fc1ccc(Cc2nc(CCCCl)cs2)c(F)c1. The third-order valence-electron chi connectivity index (χ3n) is 2.52. The fraction of sp³-hybridized carbons (Fsp3) is 0.308. The molecule has 0 bridgehead atoms. The maximum atomic E-state index is 13.5. The fourth-order valence-corrected chi connectivity index (χ4v) is 2.61. The van der Waals surface area contributed by atoms with Crippen LogP contribution in [0.5, 0.6) is 0 Å². The topological polar surface area (TPSA) is 12.9 Å². The number of rotatable bonds is 5. The van der Waals surface area contributed by atoms with Crippen molar-refractivity contribution in [2.24, 2.45) is 0 Å². The van der Waals surface area contributed by atoms with Crippen molar-refractivity contribution in [3.05, 3.63) is 51.5 Å². The lowest BCUT2D eigenvalue weighted by Crippen LogP contribution is -1.94. The number of halogens is 3. The summed E-state index contributed by atoms with van der Waals surface area (Å²) in [5.41, 5.74) is 1.45. The number of aromatic nitrogens is 1. The van der Waals surface area contributed by atoms with Crippen molar-refractivity contribution in [3.8, 4) is 0 Å². The van der Waals surface area contributed by atoms with Gasteiger partial charge in [-0.1, -0.05) is 6.07 Å². The normalized spacial score (nSPS) is 10.8. The van der Waals surface area contributed by atoms with Crippen molar-refractivity contribution in [2.45, 2.75) is 19.3 Å². The second kappa shape index (κ2) is 6.25. The van der Waals surface area contributed by atoms with Gasteiger partial charge in [-0.25, -0.2) is 13.8 Å². The van der Waals surface area contributed by atoms with Crippen LogP contribution in [0.3, 0.4) is 0 Å². The molecule has 0 spiro atoms. The predicted octanol–water partition coefficient (Wildman–Crippen LogP) is 4.18. The Morgan fingerprint density at radius 3 is 2.83 bits per heavy atom. The molecule has 0 aliphatic carbocycles. The average Bonchev–Trinajstić information content (AvgIpc) is 2.78. The lowest BCUT2D eigenvalue weighted by atomic mass is 10.1. The summed E-state index contributed by atoms with van der Waals surface area (Å²) in [6.45, 7) is 0. The highest BCUT2D eigenvalue weighted by atomic mass is 35.5. The maximum absolute atomic E-state index is 13.5. The van der Waals surface area contributed by atoms with Crippen LogP contribution in [0.15, 0.2) is 23.6 Å². The van der Waals surface area contributed by atoms with Crippen LogP contribution in [0, 0.1) is 11.6 Å². The third kappa shape index (κ3) is 3.50. The molecule has 2 aromatic rings. The van der Waals surface area contributed by atoms with Crippen LogP contribution in [-0.2, 0) is 12.8 Å². The third-order valence-corrected chi connectivity index (χ3v) is 3.69. The first-order chi connectivity index (χ1) is 8.69. The van der Waals surface area contributed by atoms with Crippen LogP contribution in [0.1, 0.15) is 22.7 Å². The van der Waals surface area contributed by atoms with Gasteiger partial charge in [-0.05, 0) is 24.5 Å². The molecule has 0 atom stereocenters. The first-order valence-corrected chi connectivity index (χ1v) is 7.03. The quantitative estimate of drug-likeness (QED) is 0.752. The zero-order chi connectivity index (χ0) is 13.0. The Kier molecular flexibility index (Phi) is 4.66. The molecule has 96 valence electrons. The summed E-state index contributed by atoms with van der Waals surface area (Å²) >= 11 is 7.11. The maximum Gasteiger partial charge on any atom is 0.129 e. The number of benzene rings is 1. The number of hydrogen-bond acceptors (Lipinski definition) is 2. The predicted molar refractivity (Wildman–Crippen MR) is 70.3 cm³/mol. The van der Waals surface area contributed by atoms with Crippen molar-refractivity contribution in [2.75, 3.05) is 5.88 Å². The molecule has 0 N–H and O–H groups in total. The highest BCUT2D eigenvalue weighted by Gasteiger charge is 2.08. The Morgan fingerprint density at radius 2 is 2.11 bits per heavy atom. The minimum atomic E-state index is -0.557. The molecule has 0 saturated carbocycles. The Labute approximate surface area is 113 Å². The van der Waals surface area contributed by atoms with Crippen LogP contribution in [-0.4, -0.2) is 10.9 Å². The van der Waals surface area contributed by atoms with Gasteiger partial charge in [0.05, 0.1) is 10.7 Å². The monoisotopic (exact) mass is 287 g/mol. The Morgan fingerprint density at radius 1 is 1.28 bits per heavy atom. The van der Waals surface area contributed by atoms with E-state index in [9.17, 15) is 8.78 Å². The summed E-state index contributed by atoms with van der Waals surface area (Å²) in [6.07, 6.45) is 2.12. The summed E-state index contributed by atoms with van der Waals surface area (Å²) < 4.78 is 26.2. The van der Waals surface area contributed by atoms with Crippen LogP contribution in [0.25, 0.3) is 0 Å². The molecule has 0 unspecified atom stereocenters. The van der Waals surface area contributed by atoms with Crippen LogP contribution in [0.4, 0.5) is 8.78 Å². The van der Waals surface area contributed by atoms with Crippen LogP contribution in [0.2, 0.25) is 0 Å². The van der Waals surface area contributed by atoms with Crippen LogP contribution < -0.4 is 0 Å². The van der Waals surface area contributed by atoms with Gasteiger partial charge in [-0.15, -0.1) is 22.9 Å². The molecule has 0 fully saturated rings. The van der Waals surface area contributed by atoms with E-state index in [2.05, 4.69) is 4.98 Å². The molecule has 2 rings (SSSR count). The van der Waals surface area contributed by atoms with E-state index in [-0.39, 0.29) is 0 Å². The molecule has 1 aromatic carbocycles. The van der Waals surface area contributed by atoms with Gasteiger partial charge in [0.1, 0.15) is 11.6 Å². The van der Waals surface area contributed by atoms with E-state index in [1.807, 2.05) is 5.38 Å². The first kappa shape index (κ1) is 13.4. The van der Waals surface area contributed by atoms with Crippen molar-refractivity contribution in [1.29, 1.82) is 0 Å². The molecule has 1 heterocycles. The lowest BCUT2D eigenvalue weighted by molar-refractivity contribution is 0.574. The number of hydrogen-bond donors (Lipinski definition) is 0. The molecule has 0 amide bonds. The first-order valence-electron chi connectivity index (χ1n) is 5.62. The number of nitrogens with zero attached hydrogens (tertiary/aromatic N) is 1. The molecular formula is C13H12ClF2NS. The van der Waals surface area contributed by atoms with E-state index in [0.717, 1.165) is 29.6 Å². The zero-order valence-electron chi connectivity index (χ0n) is 9.63. The molecule has 1 nitrogen and oxygen atoms in total. The second-order valence-corrected chi connectivity index (χ2v) is 5.26. The van der Waals surface area contributed by atoms with Gasteiger partial charge in [0.25, 0.3) is 0 Å². The highest BCUT2D eigenvalue weighted by molar-refractivity contribution is 7.09. The van der Waals surface area contributed by atoms with Gasteiger partial charge >= 0.3 is 0 Å².